The molecule has 1 atom stereocenters. The van der Waals surface area contributed by atoms with E-state index in [1.54, 1.807) is 0 Å². The van der Waals surface area contributed by atoms with Crippen molar-refractivity contribution in [2.24, 2.45) is 23.0 Å². The maximum atomic E-state index is 5.63. The van der Waals surface area contributed by atoms with Gasteiger partial charge in [0.05, 0.1) is 0 Å². The van der Waals surface area contributed by atoms with Gasteiger partial charge in [0.15, 0.2) is 0 Å². The van der Waals surface area contributed by atoms with Crippen LogP contribution in [0.3, 0.4) is 0 Å². The molecule has 0 saturated heterocycles. The second-order valence-electron chi connectivity index (χ2n) is 6.34. The van der Waals surface area contributed by atoms with Crippen LogP contribution in [-0.4, -0.2) is 6.54 Å². The van der Waals surface area contributed by atoms with E-state index in [1.807, 2.05) is 0 Å². The van der Waals surface area contributed by atoms with Crippen LogP contribution in [0.5, 0.6) is 0 Å². The van der Waals surface area contributed by atoms with E-state index in [4.69, 9.17) is 5.73 Å². The van der Waals surface area contributed by atoms with Crippen LogP contribution >= 0.6 is 0 Å². The molecule has 1 unspecified atom stereocenters. The molecule has 15 heavy (non-hydrogen) atoms. The Labute approximate surface area is 96.8 Å². The first-order valence-electron chi connectivity index (χ1n) is 6.57. The molecule has 1 heteroatoms. The minimum atomic E-state index is 0.437. The van der Waals surface area contributed by atoms with Gasteiger partial charge in [-0.05, 0) is 36.6 Å². The molecule has 0 amide bonds. The molecule has 0 rings (SSSR count). The highest BCUT2D eigenvalue weighted by atomic mass is 14.5. The van der Waals surface area contributed by atoms with Crippen molar-refractivity contribution in [2.45, 2.75) is 66.7 Å². The molecular formula is C14H31N. The SMILES string of the molecule is CC(C)CCCC(C)CC(C)(C)CCN. The molecular weight excluding hydrogens is 182 g/mol. The highest BCUT2D eigenvalue weighted by Crippen LogP contribution is 2.30. The summed E-state index contributed by atoms with van der Waals surface area (Å²) in [7, 11) is 0. The zero-order valence-corrected chi connectivity index (χ0v) is 11.5. The van der Waals surface area contributed by atoms with Gasteiger partial charge in [-0.25, -0.2) is 0 Å². The Morgan fingerprint density at radius 2 is 1.67 bits per heavy atom. The Hall–Kier alpha value is -0.0400. The summed E-state index contributed by atoms with van der Waals surface area (Å²) in [6, 6.07) is 0. The van der Waals surface area contributed by atoms with E-state index in [1.165, 1.54) is 25.7 Å². The molecule has 1 nitrogen and oxygen atoms in total. The summed E-state index contributed by atoms with van der Waals surface area (Å²) in [5.41, 5.74) is 6.07. The van der Waals surface area contributed by atoms with Crippen LogP contribution in [0.1, 0.15) is 66.7 Å². The van der Waals surface area contributed by atoms with E-state index < -0.39 is 0 Å². The molecule has 0 spiro atoms. The molecule has 0 aromatic heterocycles. The van der Waals surface area contributed by atoms with Crippen LogP contribution in [0.15, 0.2) is 0 Å². The van der Waals surface area contributed by atoms with E-state index in [9.17, 15) is 0 Å². The molecule has 0 fully saturated rings. The van der Waals surface area contributed by atoms with Crippen molar-refractivity contribution in [3.63, 3.8) is 0 Å². The lowest BCUT2D eigenvalue weighted by molar-refractivity contribution is 0.249. The average Bonchev–Trinajstić information content (AvgIpc) is 2.01. The van der Waals surface area contributed by atoms with Crippen LogP contribution < -0.4 is 5.73 Å². The monoisotopic (exact) mass is 213 g/mol. The molecule has 0 aliphatic rings. The van der Waals surface area contributed by atoms with Gasteiger partial charge in [0.2, 0.25) is 0 Å². The Kier molecular flexibility index (Phi) is 7.25. The maximum Gasteiger partial charge on any atom is -0.00722 e. The van der Waals surface area contributed by atoms with Gasteiger partial charge in [0, 0.05) is 0 Å². The molecule has 0 aromatic carbocycles. The standard InChI is InChI=1S/C14H31N/c1-12(2)7-6-8-13(3)11-14(4,5)9-10-15/h12-13H,6-11,15H2,1-5H3. The summed E-state index contributed by atoms with van der Waals surface area (Å²) < 4.78 is 0. The van der Waals surface area contributed by atoms with Crippen molar-refractivity contribution in [1.82, 2.24) is 0 Å². The van der Waals surface area contributed by atoms with E-state index in [-0.39, 0.29) is 0 Å². The fourth-order valence-electron chi connectivity index (χ4n) is 2.41. The van der Waals surface area contributed by atoms with Crippen LogP contribution in [0.2, 0.25) is 0 Å². The smallest absolute Gasteiger partial charge is 0.00722 e. The average molecular weight is 213 g/mol. The summed E-state index contributed by atoms with van der Waals surface area (Å²) in [6.45, 7) is 12.5. The molecule has 0 aromatic rings. The zero-order chi connectivity index (χ0) is 11.9. The fourth-order valence-corrected chi connectivity index (χ4v) is 2.41. The van der Waals surface area contributed by atoms with Crippen LogP contribution in [0.4, 0.5) is 0 Å². The van der Waals surface area contributed by atoms with Gasteiger partial charge in [-0.3, -0.25) is 0 Å². The molecule has 0 aliphatic carbocycles. The fraction of sp³-hybridized carbons (Fsp3) is 1.00. The summed E-state index contributed by atoms with van der Waals surface area (Å²) in [5, 5.41) is 0. The van der Waals surface area contributed by atoms with Crippen molar-refractivity contribution < 1.29 is 0 Å². The first kappa shape index (κ1) is 15.0. The van der Waals surface area contributed by atoms with E-state index in [0.29, 0.717) is 5.41 Å². The quantitative estimate of drug-likeness (QED) is 0.642. The normalized spacial score (nSPS) is 14.6. The van der Waals surface area contributed by atoms with Gasteiger partial charge >= 0.3 is 0 Å². The molecule has 0 bridgehead atoms. The van der Waals surface area contributed by atoms with Gasteiger partial charge in [0.1, 0.15) is 0 Å². The lowest BCUT2D eigenvalue weighted by Crippen LogP contribution is -2.20. The molecule has 2 N–H and O–H groups in total. The zero-order valence-electron chi connectivity index (χ0n) is 11.5. The van der Waals surface area contributed by atoms with Crippen LogP contribution in [0, 0.1) is 17.3 Å². The molecule has 0 radical (unpaired) electrons. The predicted octanol–water partition coefficient (Wildman–Crippen LogP) is 4.21. The number of hydrogen-bond donors (Lipinski definition) is 1. The van der Waals surface area contributed by atoms with Crippen molar-refractivity contribution in [3.8, 4) is 0 Å². The summed E-state index contributed by atoms with van der Waals surface area (Å²) >= 11 is 0. The minimum Gasteiger partial charge on any atom is -0.330 e. The summed E-state index contributed by atoms with van der Waals surface area (Å²) in [5.74, 6) is 1.71. The van der Waals surface area contributed by atoms with Gasteiger partial charge in [-0.2, -0.15) is 0 Å². The first-order valence-corrected chi connectivity index (χ1v) is 6.57. The number of rotatable bonds is 8. The Balaban J connectivity index is 3.67. The van der Waals surface area contributed by atoms with Gasteiger partial charge in [0.25, 0.3) is 0 Å². The second kappa shape index (κ2) is 7.27. The third kappa shape index (κ3) is 8.92. The lowest BCUT2D eigenvalue weighted by atomic mass is 9.79. The second-order valence-corrected chi connectivity index (χ2v) is 6.34. The van der Waals surface area contributed by atoms with Crippen LogP contribution in [-0.2, 0) is 0 Å². The molecule has 0 aliphatic heterocycles. The summed E-state index contributed by atoms with van der Waals surface area (Å²) in [6.07, 6.45) is 6.62. The molecule has 0 heterocycles. The largest absolute Gasteiger partial charge is 0.330 e. The van der Waals surface area contributed by atoms with Crippen molar-refractivity contribution >= 4 is 0 Å². The van der Waals surface area contributed by atoms with E-state index in [0.717, 1.165) is 24.8 Å². The van der Waals surface area contributed by atoms with E-state index in [2.05, 4.69) is 34.6 Å². The van der Waals surface area contributed by atoms with Gasteiger partial charge in [-0.1, -0.05) is 53.9 Å². The first-order chi connectivity index (χ1) is 6.87. The summed E-state index contributed by atoms with van der Waals surface area (Å²) in [4.78, 5) is 0. The third-order valence-electron chi connectivity index (χ3n) is 3.20. The Bertz CT molecular complexity index is 149. The van der Waals surface area contributed by atoms with E-state index >= 15 is 0 Å². The van der Waals surface area contributed by atoms with Crippen LogP contribution in [0.25, 0.3) is 0 Å². The minimum absolute atomic E-state index is 0.437. The van der Waals surface area contributed by atoms with Crippen molar-refractivity contribution in [3.05, 3.63) is 0 Å². The predicted molar refractivity (Wildman–Crippen MR) is 69.9 cm³/mol. The number of nitrogens with two attached hydrogens (primary N) is 1. The lowest BCUT2D eigenvalue weighted by Gasteiger charge is -2.27. The maximum absolute atomic E-state index is 5.63. The van der Waals surface area contributed by atoms with Crippen molar-refractivity contribution in [2.75, 3.05) is 6.54 Å². The molecule has 92 valence electrons. The Morgan fingerprint density at radius 1 is 1.07 bits per heavy atom. The topological polar surface area (TPSA) is 26.0 Å². The third-order valence-corrected chi connectivity index (χ3v) is 3.20. The van der Waals surface area contributed by atoms with Crippen molar-refractivity contribution in [1.29, 1.82) is 0 Å². The van der Waals surface area contributed by atoms with Gasteiger partial charge < -0.3 is 5.73 Å². The number of hydrogen-bond acceptors (Lipinski definition) is 1. The highest BCUT2D eigenvalue weighted by Gasteiger charge is 2.19. The highest BCUT2D eigenvalue weighted by molar-refractivity contribution is 4.72. The van der Waals surface area contributed by atoms with Gasteiger partial charge in [-0.15, -0.1) is 0 Å². The molecule has 0 saturated carbocycles. The Morgan fingerprint density at radius 3 is 2.13 bits per heavy atom.